The maximum Gasteiger partial charge on any atom is 0.287 e. The molecule has 0 unspecified atom stereocenters. The summed E-state index contributed by atoms with van der Waals surface area (Å²) in [6, 6.07) is 0. The number of anilines is 1. The fourth-order valence-corrected chi connectivity index (χ4v) is 2.73. The number of hydrogen-bond acceptors (Lipinski definition) is 5. The Labute approximate surface area is 129 Å². The van der Waals surface area contributed by atoms with Crippen LogP contribution in [0.2, 0.25) is 5.02 Å². The van der Waals surface area contributed by atoms with Gasteiger partial charge in [-0.2, -0.15) is 5.10 Å². The van der Waals surface area contributed by atoms with Crippen molar-refractivity contribution >= 4 is 17.3 Å². The van der Waals surface area contributed by atoms with Crippen molar-refractivity contribution in [1.82, 2.24) is 14.7 Å². The predicted molar refractivity (Wildman–Crippen MR) is 84.0 cm³/mol. The normalized spacial score (nSPS) is 17.4. The molecule has 2 N–H and O–H groups in total. The van der Waals surface area contributed by atoms with E-state index in [4.69, 9.17) is 11.6 Å². The molecule has 6 nitrogen and oxygen atoms in total. The smallest absolute Gasteiger partial charge is 0.287 e. The van der Waals surface area contributed by atoms with Gasteiger partial charge in [-0.05, 0) is 26.9 Å². The van der Waals surface area contributed by atoms with Crippen molar-refractivity contribution in [2.75, 3.05) is 32.5 Å². The summed E-state index contributed by atoms with van der Waals surface area (Å²) >= 11 is 6.11. The summed E-state index contributed by atoms with van der Waals surface area (Å²) in [6.07, 6.45) is 5.19. The van der Waals surface area contributed by atoms with E-state index in [9.17, 15) is 9.90 Å². The summed E-state index contributed by atoms with van der Waals surface area (Å²) in [5, 5.41) is 17.6. The van der Waals surface area contributed by atoms with E-state index in [1.165, 1.54) is 4.68 Å². The van der Waals surface area contributed by atoms with Gasteiger partial charge in [0.05, 0.1) is 24.0 Å². The molecule has 0 saturated heterocycles. The first-order valence-electron chi connectivity index (χ1n) is 7.28. The van der Waals surface area contributed by atoms with Gasteiger partial charge in [0.2, 0.25) is 0 Å². The highest BCUT2D eigenvalue weighted by Gasteiger charge is 2.31. The zero-order valence-corrected chi connectivity index (χ0v) is 13.4. The zero-order valence-electron chi connectivity index (χ0n) is 12.6. The van der Waals surface area contributed by atoms with Gasteiger partial charge in [0.1, 0.15) is 5.02 Å². The monoisotopic (exact) mass is 314 g/mol. The molecule has 1 heterocycles. The van der Waals surface area contributed by atoms with Gasteiger partial charge in [0, 0.05) is 13.1 Å². The lowest BCUT2D eigenvalue weighted by atomic mass is 10.0. The quantitative estimate of drug-likeness (QED) is 0.825. The molecule has 0 amide bonds. The van der Waals surface area contributed by atoms with Gasteiger partial charge >= 0.3 is 0 Å². The van der Waals surface area contributed by atoms with E-state index in [1.807, 2.05) is 19.0 Å². The van der Waals surface area contributed by atoms with E-state index in [0.29, 0.717) is 18.8 Å². The van der Waals surface area contributed by atoms with Crippen molar-refractivity contribution in [2.45, 2.75) is 37.8 Å². The number of aliphatic hydroxyl groups is 1. The fourth-order valence-electron chi connectivity index (χ4n) is 2.51. The van der Waals surface area contributed by atoms with Gasteiger partial charge in [0.25, 0.3) is 5.56 Å². The number of nitrogens with zero attached hydrogens (tertiary/aromatic N) is 3. The Morgan fingerprint density at radius 3 is 2.76 bits per heavy atom. The molecule has 2 rings (SSSR count). The number of halogens is 1. The Balaban J connectivity index is 2.04. The van der Waals surface area contributed by atoms with E-state index in [0.717, 1.165) is 32.2 Å². The van der Waals surface area contributed by atoms with E-state index in [2.05, 4.69) is 10.4 Å². The molecule has 1 saturated carbocycles. The molecule has 118 valence electrons. The van der Waals surface area contributed by atoms with Gasteiger partial charge in [-0.1, -0.05) is 24.4 Å². The van der Waals surface area contributed by atoms with Crippen LogP contribution in [0.3, 0.4) is 0 Å². The number of rotatable bonds is 6. The SMILES string of the molecule is CN(C)CCn1ncc(NCC2(O)CCCC2)c(Cl)c1=O. The Kier molecular flexibility index (Phi) is 5.24. The van der Waals surface area contributed by atoms with Crippen LogP contribution >= 0.6 is 11.6 Å². The van der Waals surface area contributed by atoms with Gasteiger partial charge in [-0.3, -0.25) is 4.79 Å². The minimum absolute atomic E-state index is 0.130. The van der Waals surface area contributed by atoms with Crippen LogP contribution in [-0.4, -0.2) is 52.6 Å². The second kappa shape index (κ2) is 6.77. The Morgan fingerprint density at radius 1 is 1.48 bits per heavy atom. The number of aromatic nitrogens is 2. The third kappa shape index (κ3) is 4.18. The molecule has 1 aromatic heterocycles. The lowest BCUT2D eigenvalue weighted by Crippen LogP contribution is -2.34. The summed E-state index contributed by atoms with van der Waals surface area (Å²) < 4.78 is 1.36. The molecular formula is C14H23ClN4O2. The first-order valence-corrected chi connectivity index (χ1v) is 7.66. The highest BCUT2D eigenvalue weighted by atomic mass is 35.5. The summed E-state index contributed by atoms with van der Waals surface area (Å²) in [6.45, 7) is 1.61. The van der Waals surface area contributed by atoms with Gasteiger partial charge < -0.3 is 15.3 Å². The van der Waals surface area contributed by atoms with Crippen molar-refractivity contribution in [3.63, 3.8) is 0 Å². The molecule has 1 fully saturated rings. The summed E-state index contributed by atoms with van der Waals surface area (Å²) in [5.41, 5.74) is -0.506. The average molecular weight is 315 g/mol. The lowest BCUT2D eigenvalue weighted by molar-refractivity contribution is 0.0614. The van der Waals surface area contributed by atoms with Crippen LogP contribution in [0.4, 0.5) is 5.69 Å². The topological polar surface area (TPSA) is 70.4 Å². The third-order valence-corrected chi connectivity index (χ3v) is 4.25. The Morgan fingerprint density at radius 2 is 2.14 bits per heavy atom. The second-order valence-corrected chi connectivity index (χ2v) is 6.37. The van der Waals surface area contributed by atoms with Crippen LogP contribution in [0.25, 0.3) is 0 Å². The van der Waals surface area contributed by atoms with Crippen LogP contribution in [-0.2, 0) is 6.54 Å². The first-order chi connectivity index (χ1) is 9.91. The fraction of sp³-hybridized carbons (Fsp3) is 0.714. The standard InChI is InChI=1S/C14H23ClN4O2/c1-18(2)7-8-19-13(20)12(15)11(9-17-19)16-10-14(21)5-3-4-6-14/h9,16,21H,3-8,10H2,1-2H3. The first kappa shape index (κ1) is 16.3. The van der Waals surface area contributed by atoms with Crippen molar-refractivity contribution < 1.29 is 5.11 Å². The van der Waals surface area contributed by atoms with Crippen molar-refractivity contribution in [3.8, 4) is 0 Å². The van der Waals surface area contributed by atoms with Gasteiger partial charge in [0.15, 0.2) is 0 Å². The highest BCUT2D eigenvalue weighted by molar-refractivity contribution is 6.32. The number of nitrogens with one attached hydrogen (secondary N) is 1. The molecule has 0 radical (unpaired) electrons. The van der Waals surface area contributed by atoms with Crippen LogP contribution in [0.5, 0.6) is 0 Å². The number of hydrogen-bond donors (Lipinski definition) is 2. The predicted octanol–water partition coefficient (Wildman–Crippen LogP) is 1.18. The zero-order chi connectivity index (χ0) is 15.5. The molecule has 1 aromatic rings. The van der Waals surface area contributed by atoms with Crippen LogP contribution in [0, 0.1) is 0 Å². The van der Waals surface area contributed by atoms with Crippen LogP contribution in [0.1, 0.15) is 25.7 Å². The Bertz CT molecular complexity index is 538. The molecule has 1 aliphatic carbocycles. The molecule has 7 heteroatoms. The molecule has 1 aliphatic rings. The van der Waals surface area contributed by atoms with Crippen molar-refractivity contribution in [3.05, 3.63) is 21.6 Å². The van der Waals surface area contributed by atoms with Crippen molar-refractivity contribution in [2.24, 2.45) is 0 Å². The van der Waals surface area contributed by atoms with E-state index in [1.54, 1.807) is 6.20 Å². The molecule has 0 atom stereocenters. The molecule has 0 bridgehead atoms. The third-order valence-electron chi connectivity index (χ3n) is 3.89. The maximum atomic E-state index is 12.1. The average Bonchev–Trinajstić information content (AvgIpc) is 2.86. The summed E-state index contributed by atoms with van der Waals surface area (Å²) in [4.78, 5) is 14.1. The molecular weight excluding hydrogens is 292 g/mol. The van der Waals surface area contributed by atoms with E-state index in [-0.39, 0.29) is 10.6 Å². The van der Waals surface area contributed by atoms with Crippen LogP contribution in [0.15, 0.2) is 11.0 Å². The minimum Gasteiger partial charge on any atom is -0.388 e. The van der Waals surface area contributed by atoms with Gasteiger partial charge in [-0.25, -0.2) is 4.68 Å². The summed E-state index contributed by atoms with van der Waals surface area (Å²) in [5.74, 6) is 0. The molecule has 0 aliphatic heterocycles. The van der Waals surface area contributed by atoms with E-state index < -0.39 is 5.60 Å². The largest absolute Gasteiger partial charge is 0.388 e. The molecule has 0 aromatic carbocycles. The van der Waals surface area contributed by atoms with Crippen LogP contribution < -0.4 is 10.9 Å². The lowest BCUT2D eigenvalue weighted by Gasteiger charge is -2.23. The Hall–Kier alpha value is -1.11. The maximum absolute atomic E-state index is 12.1. The summed E-state index contributed by atoms with van der Waals surface area (Å²) in [7, 11) is 3.87. The minimum atomic E-state index is -0.691. The molecule has 0 spiro atoms. The second-order valence-electron chi connectivity index (χ2n) is 5.99. The van der Waals surface area contributed by atoms with E-state index >= 15 is 0 Å². The highest BCUT2D eigenvalue weighted by Crippen LogP contribution is 2.30. The van der Waals surface area contributed by atoms with Gasteiger partial charge in [-0.15, -0.1) is 0 Å². The molecule has 21 heavy (non-hydrogen) atoms. The van der Waals surface area contributed by atoms with Crippen molar-refractivity contribution in [1.29, 1.82) is 0 Å². The number of likely N-dealkylation sites (N-methyl/N-ethyl adjacent to an activating group) is 1.